The Morgan fingerprint density at radius 1 is 1.47 bits per heavy atom. The molecule has 1 N–H and O–H groups in total. The van der Waals surface area contributed by atoms with E-state index in [1.54, 1.807) is 0 Å². The average molecular weight is 263 g/mol. The highest BCUT2D eigenvalue weighted by Crippen LogP contribution is 2.26. The maximum Gasteiger partial charge on any atom is 0.242 e. The summed E-state index contributed by atoms with van der Waals surface area (Å²) in [5.74, 6) is 0.248. The minimum Gasteiger partial charge on any atom is -0.341 e. The topological polar surface area (TPSA) is 37.3 Å². The van der Waals surface area contributed by atoms with Crippen molar-refractivity contribution >= 4 is 5.91 Å². The van der Waals surface area contributed by atoms with E-state index >= 15 is 0 Å². The molecule has 106 valence electrons. The molecule has 0 saturated heterocycles. The molecular weight excluding hydrogens is 238 g/mol. The summed E-state index contributed by atoms with van der Waals surface area (Å²) in [6.07, 6.45) is 5.48. The van der Waals surface area contributed by atoms with Crippen LogP contribution in [0.4, 0.5) is 0 Å². The predicted molar refractivity (Wildman–Crippen MR) is 76.8 cm³/mol. The second-order valence-electron chi connectivity index (χ2n) is 5.22. The Morgan fingerprint density at radius 2 is 2.26 bits per heavy atom. The molecule has 1 amide bonds. The highest BCUT2D eigenvalue weighted by Gasteiger charge is 2.31. The molecule has 1 aromatic heterocycles. The molecule has 0 unspecified atom stereocenters. The van der Waals surface area contributed by atoms with Crippen molar-refractivity contribution in [2.45, 2.75) is 52.2 Å². The van der Waals surface area contributed by atoms with Gasteiger partial charge < -0.3 is 14.8 Å². The van der Waals surface area contributed by atoms with Crippen molar-refractivity contribution in [3.05, 3.63) is 24.0 Å². The van der Waals surface area contributed by atoms with E-state index in [2.05, 4.69) is 29.8 Å². The number of rotatable bonds is 8. The monoisotopic (exact) mass is 263 g/mol. The maximum absolute atomic E-state index is 12.3. The Labute approximate surface area is 115 Å². The SMILES string of the molecule is CCCNCc1cccn1CC(=O)N(CC)C1CC1. The summed E-state index contributed by atoms with van der Waals surface area (Å²) >= 11 is 0. The minimum absolute atomic E-state index is 0.248. The molecule has 4 nitrogen and oxygen atoms in total. The Kier molecular flexibility index (Phi) is 5.02. The fourth-order valence-electron chi connectivity index (χ4n) is 2.42. The van der Waals surface area contributed by atoms with Crippen LogP contribution < -0.4 is 5.32 Å². The van der Waals surface area contributed by atoms with Crippen LogP contribution in [0.5, 0.6) is 0 Å². The molecule has 1 aliphatic rings. The summed E-state index contributed by atoms with van der Waals surface area (Å²) in [4.78, 5) is 14.3. The first-order chi connectivity index (χ1) is 9.26. The molecule has 0 atom stereocenters. The zero-order valence-corrected chi connectivity index (χ0v) is 12.1. The number of carbonyl (C=O) groups is 1. The quantitative estimate of drug-likeness (QED) is 0.728. The number of hydrogen-bond donors (Lipinski definition) is 1. The second kappa shape index (κ2) is 6.75. The van der Waals surface area contributed by atoms with Crippen molar-refractivity contribution in [1.29, 1.82) is 0 Å². The van der Waals surface area contributed by atoms with E-state index < -0.39 is 0 Å². The first kappa shape index (κ1) is 14.1. The van der Waals surface area contributed by atoms with Gasteiger partial charge in [-0.05, 0) is 44.9 Å². The molecule has 1 heterocycles. The van der Waals surface area contributed by atoms with Crippen LogP contribution in [-0.2, 0) is 17.9 Å². The molecular formula is C15H25N3O. The summed E-state index contributed by atoms with van der Waals surface area (Å²) in [7, 11) is 0. The fraction of sp³-hybridized carbons (Fsp3) is 0.667. The highest BCUT2D eigenvalue weighted by molar-refractivity contribution is 5.76. The normalized spacial score (nSPS) is 14.6. The van der Waals surface area contributed by atoms with Gasteiger partial charge in [0.15, 0.2) is 0 Å². The van der Waals surface area contributed by atoms with Gasteiger partial charge in [0.1, 0.15) is 6.54 Å². The van der Waals surface area contributed by atoms with E-state index in [0.717, 1.165) is 26.1 Å². The average Bonchev–Trinajstić information content (AvgIpc) is 3.13. The molecule has 4 heteroatoms. The van der Waals surface area contributed by atoms with Gasteiger partial charge in [-0.2, -0.15) is 0 Å². The number of hydrogen-bond acceptors (Lipinski definition) is 2. The van der Waals surface area contributed by atoms with E-state index in [1.165, 1.54) is 18.5 Å². The Bertz CT molecular complexity index is 409. The fourth-order valence-corrected chi connectivity index (χ4v) is 2.42. The molecule has 0 radical (unpaired) electrons. The molecule has 1 saturated carbocycles. The molecule has 19 heavy (non-hydrogen) atoms. The smallest absolute Gasteiger partial charge is 0.242 e. The molecule has 1 fully saturated rings. The number of nitrogens with one attached hydrogen (secondary N) is 1. The summed E-state index contributed by atoms with van der Waals surface area (Å²) < 4.78 is 2.07. The molecule has 0 spiro atoms. The van der Waals surface area contributed by atoms with Crippen LogP contribution in [0.25, 0.3) is 0 Å². The van der Waals surface area contributed by atoms with Crippen LogP contribution in [0.1, 0.15) is 38.8 Å². The van der Waals surface area contributed by atoms with Crippen molar-refractivity contribution in [1.82, 2.24) is 14.8 Å². The first-order valence-electron chi connectivity index (χ1n) is 7.40. The summed E-state index contributed by atoms with van der Waals surface area (Å²) in [5.41, 5.74) is 1.19. The van der Waals surface area contributed by atoms with Gasteiger partial charge in [0.05, 0.1) is 0 Å². The Morgan fingerprint density at radius 3 is 2.89 bits per heavy atom. The summed E-state index contributed by atoms with van der Waals surface area (Å²) in [5, 5.41) is 3.38. The van der Waals surface area contributed by atoms with Gasteiger partial charge in [-0.1, -0.05) is 6.92 Å². The third-order valence-electron chi connectivity index (χ3n) is 3.61. The lowest BCUT2D eigenvalue weighted by Crippen LogP contribution is -2.35. The van der Waals surface area contributed by atoms with Crippen LogP contribution in [0.3, 0.4) is 0 Å². The Balaban J connectivity index is 1.90. The molecule has 1 aliphatic carbocycles. The molecule has 2 rings (SSSR count). The molecule has 0 aliphatic heterocycles. The second-order valence-corrected chi connectivity index (χ2v) is 5.22. The van der Waals surface area contributed by atoms with E-state index in [9.17, 15) is 4.79 Å². The largest absolute Gasteiger partial charge is 0.341 e. The van der Waals surface area contributed by atoms with Crippen molar-refractivity contribution in [2.75, 3.05) is 13.1 Å². The van der Waals surface area contributed by atoms with E-state index in [-0.39, 0.29) is 5.91 Å². The third kappa shape index (κ3) is 3.83. The van der Waals surface area contributed by atoms with Gasteiger partial charge in [0, 0.05) is 31.0 Å². The van der Waals surface area contributed by atoms with Crippen molar-refractivity contribution < 1.29 is 4.79 Å². The van der Waals surface area contributed by atoms with Gasteiger partial charge in [-0.15, -0.1) is 0 Å². The Hall–Kier alpha value is -1.29. The summed E-state index contributed by atoms with van der Waals surface area (Å²) in [6.45, 7) is 7.38. The number of likely N-dealkylation sites (N-methyl/N-ethyl adjacent to an activating group) is 1. The first-order valence-corrected chi connectivity index (χ1v) is 7.40. The zero-order chi connectivity index (χ0) is 13.7. The molecule has 0 aromatic carbocycles. The van der Waals surface area contributed by atoms with Crippen LogP contribution in [0.2, 0.25) is 0 Å². The van der Waals surface area contributed by atoms with E-state index in [4.69, 9.17) is 0 Å². The van der Waals surface area contributed by atoms with E-state index in [0.29, 0.717) is 12.6 Å². The number of amides is 1. The van der Waals surface area contributed by atoms with Gasteiger partial charge >= 0.3 is 0 Å². The highest BCUT2D eigenvalue weighted by atomic mass is 16.2. The van der Waals surface area contributed by atoms with Crippen LogP contribution >= 0.6 is 0 Å². The van der Waals surface area contributed by atoms with E-state index in [1.807, 2.05) is 17.2 Å². The van der Waals surface area contributed by atoms with Gasteiger partial charge in [-0.25, -0.2) is 0 Å². The lowest BCUT2D eigenvalue weighted by atomic mass is 10.3. The standard InChI is InChI=1S/C15H25N3O/c1-3-9-16-11-14-6-5-10-17(14)12-15(19)18(4-2)13-7-8-13/h5-6,10,13,16H,3-4,7-9,11-12H2,1-2H3. The number of nitrogens with zero attached hydrogens (tertiary/aromatic N) is 2. The van der Waals surface area contributed by atoms with Crippen molar-refractivity contribution in [3.8, 4) is 0 Å². The molecule has 1 aromatic rings. The molecule has 0 bridgehead atoms. The summed E-state index contributed by atoms with van der Waals surface area (Å²) in [6, 6.07) is 4.61. The lowest BCUT2D eigenvalue weighted by molar-refractivity contribution is -0.132. The third-order valence-corrected chi connectivity index (χ3v) is 3.61. The predicted octanol–water partition coefficient (Wildman–Crippen LogP) is 2.00. The number of carbonyl (C=O) groups excluding carboxylic acids is 1. The minimum atomic E-state index is 0.248. The van der Waals surface area contributed by atoms with Crippen LogP contribution in [0, 0.1) is 0 Å². The van der Waals surface area contributed by atoms with Crippen molar-refractivity contribution in [3.63, 3.8) is 0 Å². The lowest BCUT2D eigenvalue weighted by Gasteiger charge is -2.21. The zero-order valence-electron chi connectivity index (χ0n) is 12.1. The van der Waals surface area contributed by atoms with Gasteiger partial charge in [-0.3, -0.25) is 4.79 Å². The van der Waals surface area contributed by atoms with Gasteiger partial charge in [0.25, 0.3) is 0 Å². The van der Waals surface area contributed by atoms with Crippen molar-refractivity contribution in [2.24, 2.45) is 0 Å². The van der Waals surface area contributed by atoms with Crippen LogP contribution in [0.15, 0.2) is 18.3 Å². The number of aromatic nitrogens is 1. The maximum atomic E-state index is 12.3. The van der Waals surface area contributed by atoms with Gasteiger partial charge in [0.2, 0.25) is 5.91 Å². The van der Waals surface area contributed by atoms with Crippen LogP contribution in [-0.4, -0.2) is 34.5 Å².